The van der Waals surface area contributed by atoms with Crippen LogP contribution in [0.3, 0.4) is 0 Å². The molecule has 0 aromatic heterocycles. The first kappa shape index (κ1) is 8.24. The molecule has 0 radical (unpaired) electrons. The summed E-state index contributed by atoms with van der Waals surface area (Å²) in [6.07, 6.45) is 1.54. The van der Waals surface area contributed by atoms with Crippen molar-refractivity contribution < 1.29 is 9.90 Å². The molecule has 1 heterocycles. The fraction of sp³-hybridized carbons (Fsp3) is 0.750. The smallest absolute Gasteiger partial charge is 0.328 e. The summed E-state index contributed by atoms with van der Waals surface area (Å²) in [5.74, 6) is -0.389. The van der Waals surface area contributed by atoms with Gasteiger partial charge in [0.1, 0.15) is 6.04 Å². The number of aliphatic imine (C=N–C) groups is 1. The zero-order valence-corrected chi connectivity index (χ0v) is 6.87. The highest BCUT2D eigenvalue weighted by molar-refractivity contribution is 5.91. The molecular formula is C8H13NO2. The highest BCUT2D eigenvalue weighted by atomic mass is 16.4. The minimum absolute atomic E-state index is 0.402. The molecule has 1 aliphatic heterocycles. The van der Waals surface area contributed by atoms with Crippen LogP contribution in [0.5, 0.6) is 0 Å². The van der Waals surface area contributed by atoms with Gasteiger partial charge in [0.15, 0.2) is 0 Å². The molecule has 0 amide bonds. The predicted octanol–water partition coefficient (Wildman–Crippen LogP) is 1.33. The standard InChI is InChI=1S/C8H13NO2/c1-5(2)6-3-4-7(9-6)8(10)11/h5,7H,3-4H2,1-2H3,(H,10,11)/t7-/m1/s1. The van der Waals surface area contributed by atoms with E-state index in [9.17, 15) is 4.79 Å². The van der Waals surface area contributed by atoms with Crippen molar-refractivity contribution in [1.29, 1.82) is 0 Å². The molecule has 0 aromatic rings. The zero-order chi connectivity index (χ0) is 8.43. The molecule has 3 nitrogen and oxygen atoms in total. The van der Waals surface area contributed by atoms with Crippen LogP contribution in [0.2, 0.25) is 0 Å². The number of carbonyl (C=O) groups is 1. The van der Waals surface area contributed by atoms with Gasteiger partial charge in [-0.05, 0) is 18.8 Å². The quantitative estimate of drug-likeness (QED) is 0.654. The van der Waals surface area contributed by atoms with Gasteiger partial charge in [-0.15, -0.1) is 0 Å². The van der Waals surface area contributed by atoms with Crippen LogP contribution in [0, 0.1) is 5.92 Å². The molecule has 0 unspecified atom stereocenters. The Hall–Kier alpha value is -0.860. The minimum atomic E-state index is -0.791. The van der Waals surface area contributed by atoms with Crippen molar-refractivity contribution in [2.24, 2.45) is 10.9 Å². The van der Waals surface area contributed by atoms with Crippen LogP contribution < -0.4 is 0 Å². The first-order chi connectivity index (χ1) is 5.11. The summed E-state index contributed by atoms with van der Waals surface area (Å²) in [6, 6.07) is -0.465. The Kier molecular flexibility index (Phi) is 2.27. The SMILES string of the molecule is CC(C)C1=N[C@@H](C(=O)O)CC1. The van der Waals surface area contributed by atoms with E-state index in [0.29, 0.717) is 12.3 Å². The Bertz CT molecular complexity index is 196. The second-order valence-electron chi connectivity index (χ2n) is 3.17. The molecule has 3 heteroatoms. The zero-order valence-electron chi connectivity index (χ0n) is 6.87. The van der Waals surface area contributed by atoms with E-state index in [2.05, 4.69) is 4.99 Å². The number of hydrogen-bond donors (Lipinski definition) is 1. The van der Waals surface area contributed by atoms with Gasteiger partial charge >= 0.3 is 5.97 Å². The second kappa shape index (κ2) is 3.03. The Morgan fingerprint density at radius 1 is 1.73 bits per heavy atom. The molecule has 0 saturated carbocycles. The molecule has 1 rings (SSSR count). The van der Waals surface area contributed by atoms with E-state index in [1.165, 1.54) is 0 Å². The van der Waals surface area contributed by atoms with Crippen LogP contribution in [0.4, 0.5) is 0 Å². The average molecular weight is 155 g/mol. The Morgan fingerprint density at radius 2 is 2.36 bits per heavy atom. The summed E-state index contributed by atoms with van der Waals surface area (Å²) in [5, 5.41) is 8.61. The van der Waals surface area contributed by atoms with E-state index in [1.807, 2.05) is 13.8 Å². The number of aliphatic carboxylic acids is 1. The van der Waals surface area contributed by atoms with E-state index in [1.54, 1.807) is 0 Å². The van der Waals surface area contributed by atoms with Crippen molar-refractivity contribution in [2.75, 3.05) is 0 Å². The summed E-state index contributed by atoms with van der Waals surface area (Å²) >= 11 is 0. The van der Waals surface area contributed by atoms with Crippen molar-refractivity contribution >= 4 is 11.7 Å². The van der Waals surface area contributed by atoms with Crippen LogP contribution in [-0.4, -0.2) is 22.8 Å². The predicted molar refractivity (Wildman–Crippen MR) is 42.9 cm³/mol. The van der Waals surface area contributed by atoms with Crippen LogP contribution in [0.15, 0.2) is 4.99 Å². The van der Waals surface area contributed by atoms with E-state index >= 15 is 0 Å². The van der Waals surface area contributed by atoms with Crippen LogP contribution in [0.1, 0.15) is 26.7 Å². The summed E-state index contributed by atoms with van der Waals surface area (Å²) in [5.41, 5.74) is 1.05. The van der Waals surface area contributed by atoms with Crippen molar-refractivity contribution in [3.8, 4) is 0 Å². The van der Waals surface area contributed by atoms with Crippen LogP contribution >= 0.6 is 0 Å². The average Bonchev–Trinajstić information content (AvgIpc) is 2.33. The van der Waals surface area contributed by atoms with E-state index in [0.717, 1.165) is 12.1 Å². The lowest BCUT2D eigenvalue weighted by atomic mass is 10.1. The van der Waals surface area contributed by atoms with E-state index < -0.39 is 12.0 Å². The third kappa shape index (κ3) is 1.79. The molecule has 0 saturated heterocycles. The number of hydrogen-bond acceptors (Lipinski definition) is 2. The molecule has 62 valence electrons. The molecule has 1 aliphatic rings. The molecule has 1 atom stereocenters. The topological polar surface area (TPSA) is 49.7 Å². The molecule has 1 N–H and O–H groups in total. The largest absolute Gasteiger partial charge is 0.480 e. The Morgan fingerprint density at radius 3 is 2.64 bits per heavy atom. The molecule has 0 aliphatic carbocycles. The second-order valence-corrected chi connectivity index (χ2v) is 3.17. The van der Waals surface area contributed by atoms with E-state index in [4.69, 9.17) is 5.11 Å². The van der Waals surface area contributed by atoms with Crippen molar-refractivity contribution in [1.82, 2.24) is 0 Å². The van der Waals surface area contributed by atoms with Crippen molar-refractivity contribution in [2.45, 2.75) is 32.7 Å². The lowest BCUT2D eigenvalue weighted by Crippen LogP contribution is -2.13. The Labute approximate surface area is 66.1 Å². The maximum absolute atomic E-state index is 10.5. The van der Waals surface area contributed by atoms with Gasteiger partial charge < -0.3 is 5.11 Å². The lowest BCUT2D eigenvalue weighted by Gasteiger charge is -2.00. The Balaban J connectivity index is 2.61. The van der Waals surface area contributed by atoms with Crippen molar-refractivity contribution in [3.63, 3.8) is 0 Å². The summed E-state index contributed by atoms with van der Waals surface area (Å²) in [7, 11) is 0. The van der Waals surface area contributed by atoms with Crippen LogP contribution in [0.25, 0.3) is 0 Å². The maximum Gasteiger partial charge on any atom is 0.328 e. The summed E-state index contributed by atoms with van der Waals surface area (Å²) < 4.78 is 0. The number of rotatable bonds is 2. The van der Waals surface area contributed by atoms with Gasteiger partial charge in [0.2, 0.25) is 0 Å². The fourth-order valence-electron chi connectivity index (χ4n) is 1.23. The highest BCUT2D eigenvalue weighted by Gasteiger charge is 2.24. The van der Waals surface area contributed by atoms with Gasteiger partial charge in [-0.1, -0.05) is 13.8 Å². The third-order valence-electron chi connectivity index (χ3n) is 1.95. The highest BCUT2D eigenvalue weighted by Crippen LogP contribution is 2.17. The summed E-state index contributed by atoms with van der Waals surface area (Å²) in [6.45, 7) is 4.09. The fourth-order valence-corrected chi connectivity index (χ4v) is 1.23. The van der Waals surface area contributed by atoms with Crippen molar-refractivity contribution in [3.05, 3.63) is 0 Å². The first-order valence-corrected chi connectivity index (χ1v) is 3.90. The van der Waals surface area contributed by atoms with Gasteiger partial charge in [0.25, 0.3) is 0 Å². The molecule has 0 bridgehead atoms. The lowest BCUT2D eigenvalue weighted by molar-refractivity contribution is -0.138. The molecule has 0 spiro atoms. The molecular weight excluding hydrogens is 142 g/mol. The molecule has 0 fully saturated rings. The monoisotopic (exact) mass is 155 g/mol. The minimum Gasteiger partial charge on any atom is -0.480 e. The maximum atomic E-state index is 10.5. The summed E-state index contributed by atoms with van der Waals surface area (Å²) in [4.78, 5) is 14.6. The van der Waals surface area contributed by atoms with Gasteiger partial charge in [-0.25, -0.2) is 4.79 Å². The van der Waals surface area contributed by atoms with Gasteiger partial charge in [-0.2, -0.15) is 0 Å². The third-order valence-corrected chi connectivity index (χ3v) is 1.95. The van der Waals surface area contributed by atoms with Gasteiger partial charge in [0.05, 0.1) is 0 Å². The van der Waals surface area contributed by atoms with E-state index in [-0.39, 0.29) is 0 Å². The van der Waals surface area contributed by atoms with Gasteiger partial charge in [-0.3, -0.25) is 4.99 Å². The number of carboxylic acid groups (broad SMARTS) is 1. The number of carboxylic acids is 1. The number of nitrogens with zero attached hydrogens (tertiary/aromatic N) is 1. The molecule has 0 aromatic carbocycles. The normalized spacial score (nSPS) is 23.9. The first-order valence-electron chi connectivity index (χ1n) is 3.90. The molecule has 11 heavy (non-hydrogen) atoms. The van der Waals surface area contributed by atoms with Crippen LogP contribution in [-0.2, 0) is 4.79 Å². The van der Waals surface area contributed by atoms with Gasteiger partial charge in [0, 0.05) is 5.71 Å².